The number of anilines is 1. The van der Waals surface area contributed by atoms with Crippen LogP contribution in [0.15, 0.2) is 21.2 Å². The molecule has 0 aliphatic heterocycles. The van der Waals surface area contributed by atoms with Crippen LogP contribution in [0.3, 0.4) is 0 Å². The van der Waals surface area contributed by atoms with Crippen LogP contribution in [0.1, 0.15) is 6.92 Å². The smallest absolute Gasteiger partial charge is 0.140 e. The van der Waals surface area contributed by atoms with Gasteiger partial charge in [0.1, 0.15) is 5.82 Å². The summed E-state index contributed by atoms with van der Waals surface area (Å²) in [5.74, 6) is 1.57. The molecule has 0 amide bonds. The summed E-state index contributed by atoms with van der Waals surface area (Å²) in [5.41, 5.74) is -0.355. The van der Waals surface area contributed by atoms with Gasteiger partial charge in [-0.15, -0.1) is 23.2 Å². The third-order valence-electron chi connectivity index (χ3n) is 1.82. The first-order valence-electron chi connectivity index (χ1n) is 4.22. The van der Waals surface area contributed by atoms with E-state index in [4.69, 9.17) is 23.2 Å². The number of nitrogens with zero attached hydrogens (tertiary/aromatic N) is 1. The molecule has 0 saturated heterocycles. The maximum Gasteiger partial charge on any atom is 0.140 e. The van der Waals surface area contributed by atoms with Crippen molar-refractivity contribution in [1.82, 2.24) is 4.98 Å². The summed E-state index contributed by atoms with van der Waals surface area (Å²) in [6.07, 6.45) is 1.72. The maximum absolute atomic E-state index is 5.84. The SMILES string of the molecule is CC(CCl)(CCl)Nc1ncc(Br)cc1Br. The van der Waals surface area contributed by atoms with E-state index in [0.29, 0.717) is 11.8 Å². The van der Waals surface area contributed by atoms with Gasteiger partial charge in [-0.3, -0.25) is 0 Å². The van der Waals surface area contributed by atoms with Crippen LogP contribution in [-0.2, 0) is 0 Å². The number of alkyl halides is 2. The molecule has 0 radical (unpaired) electrons. The minimum atomic E-state index is -0.355. The number of hydrogen-bond acceptors (Lipinski definition) is 2. The summed E-state index contributed by atoms with van der Waals surface area (Å²) in [6, 6.07) is 1.91. The number of pyridine rings is 1. The Bertz CT molecular complexity index is 343. The predicted octanol–water partition coefficient (Wildman–Crippen LogP) is 4.25. The number of hydrogen-bond donors (Lipinski definition) is 1. The van der Waals surface area contributed by atoms with E-state index >= 15 is 0 Å². The molecule has 0 saturated carbocycles. The van der Waals surface area contributed by atoms with Crippen LogP contribution in [0.5, 0.6) is 0 Å². The van der Waals surface area contributed by atoms with Gasteiger partial charge in [0, 0.05) is 22.4 Å². The molecule has 2 nitrogen and oxygen atoms in total. The first kappa shape index (κ1) is 13.6. The molecule has 1 heterocycles. The summed E-state index contributed by atoms with van der Waals surface area (Å²) in [7, 11) is 0. The van der Waals surface area contributed by atoms with Gasteiger partial charge >= 0.3 is 0 Å². The molecule has 1 rings (SSSR count). The Morgan fingerprint density at radius 3 is 2.47 bits per heavy atom. The van der Waals surface area contributed by atoms with E-state index in [0.717, 1.165) is 14.8 Å². The highest BCUT2D eigenvalue weighted by atomic mass is 79.9. The van der Waals surface area contributed by atoms with Crippen LogP contribution in [0, 0.1) is 0 Å². The molecule has 15 heavy (non-hydrogen) atoms. The predicted molar refractivity (Wildman–Crippen MR) is 73.1 cm³/mol. The lowest BCUT2D eigenvalue weighted by Gasteiger charge is -2.27. The van der Waals surface area contributed by atoms with Gasteiger partial charge in [0.05, 0.1) is 10.0 Å². The van der Waals surface area contributed by atoms with Crippen LogP contribution < -0.4 is 5.32 Å². The van der Waals surface area contributed by atoms with Crippen LogP contribution >= 0.6 is 55.1 Å². The molecule has 0 aromatic carbocycles. The Kier molecular flexibility index (Phi) is 5.16. The topological polar surface area (TPSA) is 24.9 Å². The molecule has 0 fully saturated rings. The molecule has 6 heteroatoms. The van der Waals surface area contributed by atoms with Crippen molar-refractivity contribution in [3.8, 4) is 0 Å². The summed E-state index contributed by atoms with van der Waals surface area (Å²) >= 11 is 18.4. The summed E-state index contributed by atoms with van der Waals surface area (Å²) in [5, 5.41) is 3.21. The minimum Gasteiger partial charge on any atom is -0.362 e. The molecule has 0 aliphatic rings. The summed E-state index contributed by atoms with van der Waals surface area (Å²) in [6.45, 7) is 1.95. The zero-order valence-electron chi connectivity index (χ0n) is 8.03. The van der Waals surface area contributed by atoms with Crippen LogP contribution in [0.4, 0.5) is 5.82 Å². The molecule has 84 valence electrons. The van der Waals surface area contributed by atoms with Crippen molar-refractivity contribution in [3.63, 3.8) is 0 Å². The lowest BCUT2D eigenvalue weighted by molar-refractivity contribution is 0.644. The van der Waals surface area contributed by atoms with Crippen molar-refractivity contribution >= 4 is 60.9 Å². The van der Waals surface area contributed by atoms with Gasteiger partial charge < -0.3 is 5.32 Å². The van der Waals surface area contributed by atoms with Crippen molar-refractivity contribution in [2.75, 3.05) is 17.1 Å². The van der Waals surface area contributed by atoms with Crippen molar-refractivity contribution in [2.24, 2.45) is 0 Å². The molecule has 0 bridgehead atoms. The molecule has 0 spiro atoms. The Hall–Kier alpha value is 0.490. The van der Waals surface area contributed by atoms with E-state index in [9.17, 15) is 0 Å². The lowest BCUT2D eigenvalue weighted by atomic mass is 10.1. The summed E-state index contributed by atoms with van der Waals surface area (Å²) in [4.78, 5) is 4.24. The quantitative estimate of drug-likeness (QED) is 0.794. The zero-order valence-corrected chi connectivity index (χ0v) is 12.7. The zero-order chi connectivity index (χ0) is 11.5. The maximum atomic E-state index is 5.84. The first-order chi connectivity index (χ1) is 7.00. The molecular formula is C9H10Br2Cl2N2. The highest BCUT2D eigenvalue weighted by molar-refractivity contribution is 9.11. The normalized spacial score (nSPS) is 11.5. The molecule has 0 unspecified atom stereocenters. The summed E-state index contributed by atoms with van der Waals surface area (Å²) < 4.78 is 1.79. The van der Waals surface area contributed by atoms with E-state index < -0.39 is 0 Å². The van der Waals surface area contributed by atoms with E-state index in [1.165, 1.54) is 0 Å². The number of aromatic nitrogens is 1. The average Bonchev–Trinajstić information content (AvgIpc) is 2.22. The second kappa shape index (κ2) is 5.71. The molecule has 1 aromatic rings. The van der Waals surface area contributed by atoms with E-state index in [2.05, 4.69) is 42.2 Å². The van der Waals surface area contributed by atoms with Crippen LogP contribution in [0.25, 0.3) is 0 Å². The lowest BCUT2D eigenvalue weighted by Crippen LogP contribution is -2.39. The highest BCUT2D eigenvalue weighted by Crippen LogP contribution is 2.26. The Morgan fingerprint density at radius 2 is 2.00 bits per heavy atom. The van der Waals surface area contributed by atoms with Crippen LogP contribution in [0.2, 0.25) is 0 Å². The Morgan fingerprint density at radius 1 is 1.40 bits per heavy atom. The molecule has 1 N–H and O–H groups in total. The van der Waals surface area contributed by atoms with E-state index in [-0.39, 0.29) is 5.54 Å². The van der Waals surface area contributed by atoms with Gasteiger partial charge in [-0.1, -0.05) is 0 Å². The number of rotatable bonds is 4. The van der Waals surface area contributed by atoms with Gasteiger partial charge in [-0.25, -0.2) is 4.98 Å². The Labute approximate surface area is 116 Å². The monoisotopic (exact) mass is 374 g/mol. The first-order valence-corrected chi connectivity index (χ1v) is 6.87. The van der Waals surface area contributed by atoms with Gasteiger partial charge in [-0.2, -0.15) is 0 Å². The fourth-order valence-electron chi connectivity index (χ4n) is 0.895. The second-order valence-electron chi connectivity index (χ2n) is 3.44. The van der Waals surface area contributed by atoms with Gasteiger partial charge in [0.2, 0.25) is 0 Å². The number of nitrogens with one attached hydrogen (secondary N) is 1. The van der Waals surface area contributed by atoms with Crippen molar-refractivity contribution in [1.29, 1.82) is 0 Å². The fourth-order valence-corrected chi connectivity index (χ4v) is 2.40. The van der Waals surface area contributed by atoms with E-state index in [1.54, 1.807) is 6.20 Å². The minimum absolute atomic E-state index is 0.355. The fraction of sp³-hybridized carbons (Fsp3) is 0.444. The number of halogens is 4. The highest BCUT2D eigenvalue weighted by Gasteiger charge is 2.23. The Balaban J connectivity index is 2.89. The van der Waals surface area contributed by atoms with Crippen LogP contribution in [-0.4, -0.2) is 22.3 Å². The van der Waals surface area contributed by atoms with E-state index in [1.807, 2.05) is 13.0 Å². The van der Waals surface area contributed by atoms with Gasteiger partial charge in [0.25, 0.3) is 0 Å². The van der Waals surface area contributed by atoms with Crippen molar-refractivity contribution in [2.45, 2.75) is 12.5 Å². The molecular weight excluding hydrogens is 367 g/mol. The third-order valence-corrected chi connectivity index (χ3v) is 4.04. The molecule has 0 aliphatic carbocycles. The van der Waals surface area contributed by atoms with Crippen molar-refractivity contribution in [3.05, 3.63) is 21.2 Å². The van der Waals surface area contributed by atoms with Gasteiger partial charge in [0.15, 0.2) is 0 Å². The standard InChI is InChI=1S/C9H10Br2Cl2N2/c1-9(4-12,5-13)15-8-7(11)2-6(10)3-14-8/h2-3H,4-5H2,1H3,(H,14,15). The average molecular weight is 377 g/mol. The van der Waals surface area contributed by atoms with Gasteiger partial charge in [-0.05, 0) is 44.8 Å². The molecule has 1 aromatic heterocycles. The molecule has 0 atom stereocenters. The second-order valence-corrected chi connectivity index (χ2v) is 5.74. The largest absolute Gasteiger partial charge is 0.362 e. The van der Waals surface area contributed by atoms with Crippen molar-refractivity contribution < 1.29 is 0 Å². The third kappa shape index (κ3) is 3.77.